The molecule has 0 spiro atoms. The lowest BCUT2D eigenvalue weighted by Crippen LogP contribution is -2.29. The maximum atomic E-state index is 3.51. The van der Waals surface area contributed by atoms with Crippen LogP contribution < -0.4 is 5.32 Å². The van der Waals surface area contributed by atoms with Crippen LogP contribution in [0.5, 0.6) is 0 Å². The van der Waals surface area contributed by atoms with Crippen LogP contribution in [0.15, 0.2) is 0 Å². The number of hydrogen-bond acceptors (Lipinski definition) is 2. The molecule has 1 N–H and O–H groups in total. The molecule has 0 aromatic heterocycles. The van der Waals surface area contributed by atoms with E-state index in [2.05, 4.69) is 38.0 Å². The van der Waals surface area contributed by atoms with Crippen molar-refractivity contribution in [1.29, 1.82) is 0 Å². The van der Waals surface area contributed by atoms with Gasteiger partial charge in [0.25, 0.3) is 0 Å². The van der Waals surface area contributed by atoms with E-state index < -0.39 is 0 Å². The summed E-state index contributed by atoms with van der Waals surface area (Å²) in [5.74, 6) is 0. The molecule has 80 valence electrons. The first kappa shape index (κ1) is 12.9. The quantitative estimate of drug-likeness (QED) is 0.624. The highest BCUT2D eigenvalue weighted by Gasteiger charge is 2.03. The molecule has 0 saturated heterocycles. The summed E-state index contributed by atoms with van der Waals surface area (Å²) in [4.78, 5) is 2.37. The SMILES string of the molecule is CCNC(CC)CCCN(C)CC. The van der Waals surface area contributed by atoms with E-state index in [1.54, 1.807) is 0 Å². The van der Waals surface area contributed by atoms with Crippen molar-refractivity contribution in [1.82, 2.24) is 10.2 Å². The number of nitrogens with zero attached hydrogens (tertiary/aromatic N) is 1. The van der Waals surface area contributed by atoms with Gasteiger partial charge in [-0.3, -0.25) is 0 Å². The molecule has 0 bridgehead atoms. The Bertz CT molecular complexity index is 104. The van der Waals surface area contributed by atoms with Gasteiger partial charge in [-0.25, -0.2) is 0 Å². The second kappa shape index (κ2) is 8.52. The van der Waals surface area contributed by atoms with Crippen molar-refractivity contribution in [2.45, 2.75) is 46.1 Å². The van der Waals surface area contributed by atoms with Gasteiger partial charge in [0.05, 0.1) is 0 Å². The fourth-order valence-corrected chi connectivity index (χ4v) is 1.50. The Balaban J connectivity index is 3.37. The van der Waals surface area contributed by atoms with Crippen LogP contribution in [-0.2, 0) is 0 Å². The van der Waals surface area contributed by atoms with E-state index in [1.807, 2.05) is 0 Å². The highest BCUT2D eigenvalue weighted by molar-refractivity contribution is 4.64. The van der Waals surface area contributed by atoms with Gasteiger partial charge in [-0.15, -0.1) is 0 Å². The summed E-state index contributed by atoms with van der Waals surface area (Å²) >= 11 is 0. The van der Waals surface area contributed by atoms with E-state index in [0.717, 1.165) is 19.1 Å². The zero-order chi connectivity index (χ0) is 10.1. The first-order valence-electron chi connectivity index (χ1n) is 5.66. The Morgan fingerprint density at radius 3 is 2.38 bits per heavy atom. The predicted octanol–water partition coefficient (Wildman–Crippen LogP) is 2.11. The average molecular weight is 186 g/mol. The summed E-state index contributed by atoms with van der Waals surface area (Å²) in [6, 6.07) is 0.732. The van der Waals surface area contributed by atoms with E-state index in [-0.39, 0.29) is 0 Å². The molecule has 1 unspecified atom stereocenters. The second-order valence-corrected chi connectivity index (χ2v) is 3.70. The number of hydrogen-bond donors (Lipinski definition) is 1. The molecule has 0 heterocycles. The molecular formula is C11H26N2. The van der Waals surface area contributed by atoms with E-state index in [4.69, 9.17) is 0 Å². The van der Waals surface area contributed by atoms with Crippen molar-refractivity contribution < 1.29 is 0 Å². The van der Waals surface area contributed by atoms with Crippen LogP contribution in [0.1, 0.15) is 40.0 Å². The maximum Gasteiger partial charge on any atom is 0.00647 e. The van der Waals surface area contributed by atoms with Gasteiger partial charge < -0.3 is 10.2 Å². The van der Waals surface area contributed by atoms with Gasteiger partial charge in [0.15, 0.2) is 0 Å². The van der Waals surface area contributed by atoms with Crippen molar-refractivity contribution in [2.75, 3.05) is 26.7 Å². The molecule has 0 aliphatic carbocycles. The zero-order valence-electron chi connectivity index (χ0n) is 9.77. The molecule has 0 aromatic rings. The van der Waals surface area contributed by atoms with Crippen LogP contribution in [-0.4, -0.2) is 37.6 Å². The summed E-state index contributed by atoms with van der Waals surface area (Å²) in [6.45, 7) is 10.2. The fraction of sp³-hybridized carbons (Fsp3) is 1.00. The van der Waals surface area contributed by atoms with Crippen molar-refractivity contribution >= 4 is 0 Å². The normalized spacial score (nSPS) is 13.6. The van der Waals surface area contributed by atoms with Crippen molar-refractivity contribution in [3.8, 4) is 0 Å². The van der Waals surface area contributed by atoms with Crippen LogP contribution >= 0.6 is 0 Å². The summed E-state index contributed by atoms with van der Waals surface area (Å²) in [5.41, 5.74) is 0. The van der Waals surface area contributed by atoms with Crippen LogP contribution in [0.4, 0.5) is 0 Å². The molecule has 0 saturated carbocycles. The average Bonchev–Trinajstić information content (AvgIpc) is 2.16. The molecule has 13 heavy (non-hydrogen) atoms. The van der Waals surface area contributed by atoms with Gasteiger partial charge in [-0.2, -0.15) is 0 Å². The third-order valence-corrected chi connectivity index (χ3v) is 2.62. The third-order valence-electron chi connectivity index (χ3n) is 2.62. The lowest BCUT2D eigenvalue weighted by atomic mass is 10.1. The Labute approximate surface area is 83.7 Å². The molecule has 0 aliphatic heterocycles. The minimum atomic E-state index is 0.732. The monoisotopic (exact) mass is 186 g/mol. The smallest absolute Gasteiger partial charge is 0.00647 e. The van der Waals surface area contributed by atoms with E-state index in [1.165, 1.54) is 25.8 Å². The number of nitrogens with one attached hydrogen (secondary N) is 1. The summed E-state index contributed by atoms with van der Waals surface area (Å²) in [6.07, 6.45) is 3.88. The molecule has 0 aliphatic rings. The van der Waals surface area contributed by atoms with Gasteiger partial charge >= 0.3 is 0 Å². The van der Waals surface area contributed by atoms with E-state index in [0.29, 0.717) is 0 Å². The summed E-state index contributed by atoms with van der Waals surface area (Å²) in [7, 11) is 2.19. The van der Waals surface area contributed by atoms with Crippen LogP contribution in [0.25, 0.3) is 0 Å². The minimum absolute atomic E-state index is 0.732. The third kappa shape index (κ3) is 7.03. The van der Waals surface area contributed by atoms with Crippen LogP contribution in [0.2, 0.25) is 0 Å². The van der Waals surface area contributed by atoms with Gasteiger partial charge in [-0.05, 0) is 45.9 Å². The first-order valence-corrected chi connectivity index (χ1v) is 5.66. The first-order chi connectivity index (χ1) is 6.24. The van der Waals surface area contributed by atoms with Crippen LogP contribution in [0, 0.1) is 0 Å². The van der Waals surface area contributed by atoms with Crippen molar-refractivity contribution in [3.05, 3.63) is 0 Å². The fourth-order valence-electron chi connectivity index (χ4n) is 1.50. The van der Waals surface area contributed by atoms with Gasteiger partial charge in [-0.1, -0.05) is 20.8 Å². The Kier molecular flexibility index (Phi) is 8.46. The molecule has 2 nitrogen and oxygen atoms in total. The predicted molar refractivity (Wildman–Crippen MR) is 60.2 cm³/mol. The molecule has 1 atom stereocenters. The molecule has 0 fully saturated rings. The molecule has 0 aromatic carbocycles. The Morgan fingerprint density at radius 1 is 1.23 bits per heavy atom. The molecule has 0 radical (unpaired) electrons. The highest BCUT2D eigenvalue weighted by Crippen LogP contribution is 2.02. The van der Waals surface area contributed by atoms with Crippen molar-refractivity contribution in [3.63, 3.8) is 0 Å². The summed E-state index contributed by atoms with van der Waals surface area (Å²) < 4.78 is 0. The van der Waals surface area contributed by atoms with Gasteiger partial charge in [0.2, 0.25) is 0 Å². The highest BCUT2D eigenvalue weighted by atomic mass is 15.1. The zero-order valence-corrected chi connectivity index (χ0v) is 9.77. The lowest BCUT2D eigenvalue weighted by Gasteiger charge is -2.18. The van der Waals surface area contributed by atoms with Crippen LogP contribution in [0.3, 0.4) is 0 Å². The topological polar surface area (TPSA) is 15.3 Å². The number of rotatable bonds is 8. The van der Waals surface area contributed by atoms with Crippen molar-refractivity contribution in [2.24, 2.45) is 0 Å². The Morgan fingerprint density at radius 2 is 1.92 bits per heavy atom. The van der Waals surface area contributed by atoms with Gasteiger partial charge in [0.1, 0.15) is 0 Å². The molecule has 0 rings (SSSR count). The maximum absolute atomic E-state index is 3.51. The largest absolute Gasteiger partial charge is 0.314 e. The van der Waals surface area contributed by atoms with Gasteiger partial charge in [0, 0.05) is 6.04 Å². The van der Waals surface area contributed by atoms with E-state index >= 15 is 0 Å². The molecular weight excluding hydrogens is 160 g/mol. The molecule has 0 amide bonds. The standard InChI is InChI=1S/C11H26N2/c1-5-11(12-6-2)9-8-10-13(4)7-3/h11-12H,5-10H2,1-4H3. The summed E-state index contributed by atoms with van der Waals surface area (Å²) in [5, 5.41) is 3.51. The Hall–Kier alpha value is -0.0800. The van der Waals surface area contributed by atoms with E-state index in [9.17, 15) is 0 Å². The lowest BCUT2D eigenvalue weighted by molar-refractivity contribution is 0.329. The molecule has 2 heteroatoms. The minimum Gasteiger partial charge on any atom is -0.314 e. The second-order valence-electron chi connectivity index (χ2n) is 3.70.